The highest BCUT2D eigenvalue weighted by molar-refractivity contribution is 5.68. The Morgan fingerprint density at radius 1 is 1.40 bits per heavy atom. The average Bonchev–Trinajstić information content (AvgIpc) is 2.28. The molecule has 0 aromatic heterocycles. The van der Waals surface area contributed by atoms with E-state index in [1.165, 1.54) is 32.1 Å². The highest BCUT2D eigenvalue weighted by atomic mass is 16.5. The van der Waals surface area contributed by atoms with Crippen molar-refractivity contribution in [3.63, 3.8) is 0 Å². The van der Waals surface area contributed by atoms with Crippen molar-refractivity contribution in [3.05, 3.63) is 12.7 Å². The summed E-state index contributed by atoms with van der Waals surface area (Å²) < 4.78 is 4.58. The second-order valence-electron chi connectivity index (χ2n) is 4.07. The first-order valence-corrected chi connectivity index (χ1v) is 5.97. The molecule has 0 aliphatic heterocycles. The smallest absolute Gasteiger partial charge is 0.305 e. The Labute approximate surface area is 93.7 Å². The first-order valence-electron chi connectivity index (χ1n) is 5.97. The van der Waals surface area contributed by atoms with E-state index in [4.69, 9.17) is 0 Å². The number of carbonyl (C=O) groups is 1. The van der Waals surface area contributed by atoms with E-state index in [0.29, 0.717) is 13.0 Å². The minimum absolute atomic E-state index is 0.176. The maximum absolute atomic E-state index is 10.3. The molecule has 2 heteroatoms. The van der Waals surface area contributed by atoms with Gasteiger partial charge in [0.05, 0.1) is 0 Å². The van der Waals surface area contributed by atoms with Crippen molar-refractivity contribution in [3.8, 4) is 0 Å². The van der Waals surface area contributed by atoms with Gasteiger partial charge >= 0.3 is 5.97 Å². The molecule has 0 heterocycles. The predicted molar refractivity (Wildman–Crippen MR) is 63.7 cm³/mol. The van der Waals surface area contributed by atoms with Crippen molar-refractivity contribution >= 4 is 5.97 Å². The van der Waals surface area contributed by atoms with Gasteiger partial charge in [0.25, 0.3) is 0 Å². The maximum Gasteiger partial charge on any atom is 0.305 e. The number of esters is 1. The Morgan fingerprint density at radius 2 is 2.00 bits per heavy atom. The van der Waals surface area contributed by atoms with Crippen LogP contribution in [-0.4, -0.2) is 12.6 Å². The van der Waals surface area contributed by atoms with Crippen molar-refractivity contribution in [1.82, 2.24) is 0 Å². The van der Waals surface area contributed by atoms with Crippen molar-refractivity contribution < 1.29 is 9.53 Å². The molecule has 0 unspecified atom stereocenters. The van der Waals surface area contributed by atoms with Gasteiger partial charge in [-0.1, -0.05) is 58.6 Å². The van der Waals surface area contributed by atoms with Gasteiger partial charge in [0.1, 0.15) is 6.61 Å². The van der Waals surface area contributed by atoms with Crippen molar-refractivity contribution in [2.75, 3.05) is 6.61 Å². The Bertz CT molecular complexity index is 169. The molecule has 1 aliphatic carbocycles. The summed E-state index contributed by atoms with van der Waals surface area (Å²) in [5.74, 6) is 0.860. The molecule has 0 spiro atoms. The molecule has 0 saturated heterocycles. The number of rotatable bonds is 3. The lowest BCUT2D eigenvalue weighted by Crippen LogP contribution is -2.00. The van der Waals surface area contributed by atoms with Crippen LogP contribution < -0.4 is 0 Å². The molecule has 0 bridgehead atoms. The highest BCUT2D eigenvalue weighted by Crippen LogP contribution is 2.22. The van der Waals surface area contributed by atoms with Crippen LogP contribution in [0, 0.1) is 5.92 Å². The average molecular weight is 212 g/mol. The summed E-state index contributed by atoms with van der Waals surface area (Å²) in [5.41, 5.74) is 0. The largest absolute Gasteiger partial charge is 0.461 e. The van der Waals surface area contributed by atoms with Gasteiger partial charge in [-0.15, -0.1) is 0 Å². The van der Waals surface area contributed by atoms with Crippen LogP contribution in [0.15, 0.2) is 12.7 Å². The summed E-state index contributed by atoms with van der Waals surface area (Å²) in [6.45, 7) is 7.83. The zero-order valence-electron chi connectivity index (χ0n) is 10.1. The Morgan fingerprint density at radius 3 is 2.33 bits per heavy atom. The molecule has 0 aromatic carbocycles. The van der Waals surface area contributed by atoms with Crippen LogP contribution >= 0.6 is 0 Å². The lowest BCUT2D eigenvalue weighted by atomic mass is 9.91. The zero-order valence-corrected chi connectivity index (χ0v) is 10.1. The summed E-state index contributed by atoms with van der Waals surface area (Å²) >= 11 is 0. The molecule has 15 heavy (non-hydrogen) atoms. The molecular formula is C13H24O2. The van der Waals surface area contributed by atoms with Gasteiger partial charge in [-0.3, -0.25) is 4.79 Å². The lowest BCUT2D eigenvalue weighted by Gasteiger charge is -2.15. The van der Waals surface area contributed by atoms with E-state index in [9.17, 15) is 4.79 Å². The SMILES string of the molecule is C=CCOC(=O)CC.CC1CCCCC1. The first kappa shape index (κ1) is 14.2. The van der Waals surface area contributed by atoms with Crippen LogP contribution in [0.25, 0.3) is 0 Å². The fourth-order valence-corrected chi connectivity index (χ4v) is 1.56. The molecule has 1 aliphatic rings. The minimum atomic E-state index is -0.176. The van der Waals surface area contributed by atoms with Crippen molar-refractivity contribution in [1.29, 1.82) is 0 Å². The minimum Gasteiger partial charge on any atom is -0.461 e. The quantitative estimate of drug-likeness (QED) is 0.526. The molecule has 2 nitrogen and oxygen atoms in total. The maximum atomic E-state index is 10.3. The van der Waals surface area contributed by atoms with E-state index in [-0.39, 0.29) is 5.97 Å². The van der Waals surface area contributed by atoms with Gasteiger partial charge in [0.2, 0.25) is 0 Å². The van der Waals surface area contributed by atoms with Gasteiger partial charge in [-0.25, -0.2) is 0 Å². The van der Waals surface area contributed by atoms with Crippen LogP contribution in [0.4, 0.5) is 0 Å². The van der Waals surface area contributed by atoms with Crippen LogP contribution in [0.5, 0.6) is 0 Å². The molecule has 88 valence electrons. The fourth-order valence-electron chi connectivity index (χ4n) is 1.56. The van der Waals surface area contributed by atoms with E-state index < -0.39 is 0 Å². The van der Waals surface area contributed by atoms with Crippen LogP contribution in [-0.2, 0) is 9.53 Å². The molecular weight excluding hydrogens is 188 g/mol. The van der Waals surface area contributed by atoms with Gasteiger partial charge in [0.15, 0.2) is 0 Å². The molecule has 0 amide bonds. The van der Waals surface area contributed by atoms with E-state index >= 15 is 0 Å². The summed E-state index contributed by atoms with van der Waals surface area (Å²) in [6.07, 6.45) is 9.42. The molecule has 0 aromatic rings. The second kappa shape index (κ2) is 9.75. The molecule has 0 radical (unpaired) electrons. The van der Waals surface area contributed by atoms with E-state index in [2.05, 4.69) is 18.2 Å². The zero-order chi connectivity index (χ0) is 11.5. The van der Waals surface area contributed by atoms with Crippen molar-refractivity contribution in [2.45, 2.75) is 52.4 Å². The molecule has 1 fully saturated rings. The molecule has 0 N–H and O–H groups in total. The monoisotopic (exact) mass is 212 g/mol. The number of ether oxygens (including phenoxy) is 1. The predicted octanol–water partition coefficient (Wildman–Crippen LogP) is 3.71. The number of carbonyl (C=O) groups excluding carboxylic acids is 1. The van der Waals surface area contributed by atoms with Crippen LogP contribution in [0.2, 0.25) is 0 Å². The van der Waals surface area contributed by atoms with Crippen molar-refractivity contribution in [2.24, 2.45) is 5.92 Å². The fraction of sp³-hybridized carbons (Fsp3) is 0.769. The van der Waals surface area contributed by atoms with Crippen LogP contribution in [0.3, 0.4) is 0 Å². The summed E-state index contributed by atoms with van der Waals surface area (Å²) in [5, 5.41) is 0. The Hall–Kier alpha value is -0.790. The lowest BCUT2D eigenvalue weighted by molar-refractivity contribution is -0.141. The number of hydrogen-bond donors (Lipinski definition) is 0. The highest BCUT2D eigenvalue weighted by Gasteiger charge is 2.05. The Kier molecular flexibility index (Phi) is 9.24. The second-order valence-corrected chi connectivity index (χ2v) is 4.07. The van der Waals surface area contributed by atoms with E-state index in [1.54, 1.807) is 13.0 Å². The van der Waals surface area contributed by atoms with Gasteiger partial charge < -0.3 is 4.74 Å². The Balaban J connectivity index is 0.000000262. The third-order valence-electron chi connectivity index (χ3n) is 2.54. The normalized spacial score (nSPS) is 16.1. The summed E-state index contributed by atoms with van der Waals surface area (Å²) in [7, 11) is 0. The van der Waals surface area contributed by atoms with Gasteiger partial charge in [0, 0.05) is 6.42 Å². The van der Waals surface area contributed by atoms with E-state index in [0.717, 1.165) is 5.92 Å². The first-order chi connectivity index (χ1) is 7.20. The third-order valence-corrected chi connectivity index (χ3v) is 2.54. The van der Waals surface area contributed by atoms with E-state index in [1.807, 2.05) is 0 Å². The topological polar surface area (TPSA) is 26.3 Å². The molecule has 1 saturated carbocycles. The summed E-state index contributed by atoms with van der Waals surface area (Å²) in [4.78, 5) is 10.3. The standard InChI is InChI=1S/C7H14.C6H10O2/c1-7-5-3-2-4-6-7;1-3-5-8-6(7)4-2/h7H,2-6H2,1H3;3H,1,4-5H2,2H3. The molecule has 1 rings (SSSR count). The van der Waals surface area contributed by atoms with Gasteiger partial charge in [-0.05, 0) is 5.92 Å². The molecule has 0 atom stereocenters. The van der Waals surface area contributed by atoms with Gasteiger partial charge in [-0.2, -0.15) is 0 Å². The van der Waals surface area contributed by atoms with Crippen LogP contribution in [0.1, 0.15) is 52.4 Å². The third kappa shape index (κ3) is 9.51. The number of hydrogen-bond acceptors (Lipinski definition) is 2. The summed E-state index contributed by atoms with van der Waals surface area (Å²) in [6, 6.07) is 0.